The van der Waals surface area contributed by atoms with Crippen LogP contribution >= 0.6 is 50.7 Å². The lowest BCUT2D eigenvalue weighted by molar-refractivity contribution is -0.755. The Morgan fingerprint density at radius 3 is 1.88 bits per heavy atom. The summed E-state index contributed by atoms with van der Waals surface area (Å²) in [5.74, 6) is 1.46. The Bertz CT molecular complexity index is 5170. The molecule has 576 valence electrons. The van der Waals surface area contributed by atoms with Gasteiger partial charge in [0.15, 0.2) is 16.9 Å². The molecular weight excluding hydrogens is 1540 g/mol. The summed E-state index contributed by atoms with van der Waals surface area (Å²) >= 11 is 22.7. The predicted octanol–water partition coefficient (Wildman–Crippen LogP) is 11.1. The van der Waals surface area contributed by atoms with Gasteiger partial charge in [0.2, 0.25) is 23.6 Å². The van der Waals surface area contributed by atoms with E-state index in [1.807, 2.05) is 126 Å². The second kappa shape index (κ2) is 36.6. The van der Waals surface area contributed by atoms with Crippen LogP contribution in [0.2, 0.25) is 15.1 Å². The average Bonchev–Trinajstić information content (AvgIpc) is 1.57. The molecule has 6 amide bonds. The second-order valence-corrected chi connectivity index (χ2v) is 29.8. The molecule has 0 saturated carbocycles. The highest BCUT2D eigenvalue weighted by Gasteiger charge is 2.37. The number of likely N-dealkylation sites (N-methyl/N-ethyl adjacent to an activating group) is 1. The number of hydrogen-bond donors (Lipinski definition) is 4. The van der Waals surface area contributed by atoms with Gasteiger partial charge < -0.3 is 53.2 Å². The van der Waals surface area contributed by atoms with E-state index in [9.17, 15) is 38.4 Å². The molecule has 4 fully saturated rings. The molecule has 5 aromatic carbocycles. The first-order chi connectivity index (χ1) is 53.4. The zero-order valence-corrected chi connectivity index (χ0v) is 65.7. The molecule has 25 nitrogen and oxygen atoms in total. The van der Waals surface area contributed by atoms with Gasteiger partial charge in [-0.25, -0.2) is 10.2 Å². The summed E-state index contributed by atoms with van der Waals surface area (Å²) in [7, 11) is 1.77. The van der Waals surface area contributed by atoms with E-state index in [0.717, 1.165) is 77.1 Å². The van der Waals surface area contributed by atoms with Crippen LogP contribution in [0.15, 0.2) is 182 Å². The zero-order valence-electron chi connectivity index (χ0n) is 61.8. The lowest BCUT2D eigenvalue weighted by atomic mass is 9.94. The van der Waals surface area contributed by atoms with E-state index >= 15 is 0 Å². The molecule has 0 spiro atoms. The smallest absolute Gasteiger partial charge is 0.256 e. The lowest BCUT2D eigenvalue weighted by Gasteiger charge is -2.43. The highest BCUT2D eigenvalue weighted by Crippen LogP contribution is 2.38. The van der Waals surface area contributed by atoms with E-state index in [1.54, 1.807) is 61.9 Å². The Kier molecular flexibility index (Phi) is 26.6. The van der Waals surface area contributed by atoms with Crippen molar-refractivity contribution in [2.75, 3.05) is 90.5 Å². The van der Waals surface area contributed by atoms with E-state index in [1.165, 1.54) is 18.2 Å². The number of amides is 6. The van der Waals surface area contributed by atoms with Crippen molar-refractivity contribution in [3.8, 4) is 28.1 Å². The normalized spacial score (nSPS) is 14.1. The number of pyridine rings is 1. The summed E-state index contributed by atoms with van der Waals surface area (Å²) in [6.07, 6.45) is 11.8. The number of carbonyl (C=O) groups is 8. The molecule has 0 bridgehead atoms. The number of carbonyl (C=O) groups excluding carboxylic acids is 8. The molecule has 0 radical (unpaired) electrons. The van der Waals surface area contributed by atoms with Crippen molar-refractivity contribution in [2.24, 2.45) is 11.8 Å². The van der Waals surface area contributed by atoms with Crippen LogP contribution in [-0.2, 0) is 48.4 Å². The number of ether oxygens (including phenoxy) is 1. The SMILES string of the molecule is C=CC(=O)N1CC(CC(=O)Cn2cc(-c3ccn[nH]3)c3ccc(-c4ccccc4Cl)cc32)C1.C=CC(=O)N1CC(CC(=O)Cn2cc(C(=O)NCCOc3c(C)cccc3C)c3cc(Cl)cc(Cl)c32)C1.C=CC(=O)N1CC(N(C)C(=O)Cn2c(C)c(C(=O)N3CCN(c4ccccn4)CC3)c3cc(Br)ccc32)C1.O=[NH+]O. The highest BCUT2D eigenvalue weighted by molar-refractivity contribution is 9.10. The van der Waals surface area contributed by atoms with Crippen LogP contribution in [0.4, 0.5) is 5.82 Å². The number of para-hydroxylation sites is 1. The number of hydrogen-bond acceptors (Lipinski definition) is 13. The van der Waals surface area contributed by atoms with Gasteiger partial charge in [-0.2, -0.15) is 5.10 Å². The monoisotopic (exact) mass is 1630 g/mol. The van der Waals surface area contributed by atoms with Crippen LogP contribution in [0.3, 0.4) is 0 Å². The van der Waals surface area contributed by atoms with Crippen LogP contribution in [0.25, 0.3) is 55.1 Å². The first-order valence-electron chi connectivity index (χ1n) is 36.0. The number of aromatic nitrogens is 6. The number of ketones is 2. The molecule has 4 aliphatic rings. The second-order valence-electron chi connectivity index (χ2n) is 27.6. The van der Waals surface area contributed by atoms with Crippen molar-refractivity contribution in [3.05, 3.63) is 230 Å². The van der Waals surface area contributed by atoms with Crippen LogP contribution < -0.4 is 20.3 Å². The number of rotatable bonds is 23. The first kappa shape index (κ1) is 80.8. The maximum Gasteiger partial charge on any atom is 0.256 e. The summed E-state index contributed by atoms with van der Waals surface area (Å²) in [6.45, 7) is 23.4. The minimum Gasteiger partial charge on any atom is -0.491 e. The number of aryl methyl sites for hydroxylation is 2. The molecule has 0 unspecified atom stereocenters. The summed E-state index contributed by atoms with van der Waals surface area (Å²) in [6, 6.07) is 36.7. The minimum absolute atomic E-state index is 0.00687. The number of fused-ring (bicyclic) bond motifs is 3. The third-order valence-electron chi connectivity index (χ3n) is 20.3. The van der Waals surface area contributed by atoms with Crippen molar-refractivity contribution < 1.29 is 53.6 Å². The number of piperazine rings is 1. The minimum atomic E-state index is -0.308. The molecule has 5 aromatic heterocycles. The Morgan fingerprint density at radius 2 is 1.28 bits per heavy atom. The van der Waals surface area contributed by atoms with Gasteiger partial charge in [0, 0.05) is 180 Å². The molecule has 29 heteroatoms. The summed E-state index contributed by atoms with van der Waals surface area (Å²) in [5.41, 5.74) is 10.1. The molecule has 111 heavy (non-hydrogen) atoms. The summed E-state index contributed by atoms with van der Waals surface area (Å²) in [4.78, 5) is 125. The number of Topliss-reactive ketones (excluding diaryl/α,β-unsaturated/α-hetero) is 2. The largest absolute Gasteiger partial charge is 0.491 e. The van der Waals surface area contributed by atoms with Crippen molar-refractivity contribution in [3.63, 3.8) is 0 Å². The molecule has 10 aromatic rings. The first-order valence-corrected chi connectivity index (χ1v) is 37.9. The molecular formula is C82H85BrCl3N14O11+. The van der Waals surface area contributed by atoms with Gasteiger partial charge in [0.1, 0.15) is 24.7 Å². The number of benzene rings is 5. The third-order valence-corrected chi connectivity index (χ3v) is 21.6. The number of aromatic amines is 1. The third kappa shape index (κ3) is 18.8. The number of halogens is 4. The van der Waals surface area contributed by atoms with E-state index < -0.39 is 0 Å². The fourth-order valence-electron chi connectivity index (χ4n) is 14.4. The van der Waals surface area contributed by atoms with Gasteiger partial charge in [-0.15, -0.1) is 0 Å². The van der Waals surface area contributed by atoms with E-state index in [2.05, 4.69) is 79.3 Å². The van der Waals surface area contributed by atoms with Gasteiger partial charge in [-0.3, -0.25) is 43.5 Å². The summed E-state index contributed by atoms with van der Waals surface area (Å²) in [5, 5.41) is 21.1. The lowest BCUT2D eigenvalue weighted by Crippen LogP contribution is -2.61. The topological polar surface area (TPSA) is 285 Å². The number of likely N-dealkylation sites (tertiary alicyclic amines) is 3. The fraction of sp³-hybridized carbons (Fsp3) is 0.293. The molecule has 4 aliphatic heterocycles. The van der Waals surface area contributed by atoms with Gasteiger partial charge in [-0.05, 0) is 116 Å². The maximum absolute atomic E-state index is 13.8. The van der Waals surface area contributed by atoms with Crippen LogP contribution in [0.5, 0.6) is 5.75 Å². The number of nitrogens with one attached hydrogen (secondary N) is 3. The van der Waals surface area contributed by atoms with E-state index in [4.69, 9.17) is 49.7 Å². The van der Waals surface area contributed by atoms with Crippen molar-refractivity contribution in [1.29, 1.82) is 0 Å². The zero-order chi connectivity index (χ0) is 79.3. The average molecular weight is 1630 g/mol. The highest BCUT2D eigenvalue weighted by atomic mass is 79.9. The van der Waals surface area contributed by atoms with Crippen LogP contribution in [-0.4, -0.2) is 197 Å². The van der Waals surface area contributed by atoms with Crippen LogP contribution in [0.1, 0.15) is 50.4 Å². The quantitative estimate of drug-likeness (QED) is 0.0263. The fourth-order valence-corrected chi connectivity index (χ4v) is 15.6. The van der Waals surface area contributed by atoms with Crippen molar-refractivity contribution in [2.45, 2.75) is 59.3 Å². The number of anilines is 1. The van der Waals surface area contributed by atoms with E-state index in [0.29, 0.717) is 134 Å². The predicted molar refractivity (Wildman–Crippen MR) is 432 cm³/mol. The van der Waals surface area contributed by atoms with Crippen LogP contribution in [0, 0.1) is 37.5 Å². The Balaban J connectivity index is 0.000000162. The maximum atomic E-state index is 13.8. The number of H-pyrrole nitrogens is 1. The summed E-state index contributed by atoms with van der Waals surface area (Å²) < 4.78 is 12.4. The van der Waals surface area contributed by atoms with Gasteiger partial charge in [-0.1, -0.05) is 125 Å². The standard InChI is InChI=1S/C28H31BrN6O3.C28H29Cl2N3O4.C26H23ClN4O2.HNO2/c1-4-25(36)34-16-21(17-34)31(3)26(37)18-35-19(2)27(22-15-20(29)8-9-23(22)35)28(38)33-13-11-32(12-14-33)24-7-5-6-10-30-24;1-4-25(35)32-13-19(14-32)10-21(34)15-33-16-23(22-11-20(29)12-24(30)26(22)33)28(36)31-8-9-37-27-17(2)6-5-7-18(27)3;1-2-26(33)31-13-17(14-31)11-19(32)15-30-16-22(24-9-10-28-29-24)21-8-7-18(12-25(21)30)20-5-3-4-6-23(20)27;2-1-3/h4-10,15,21H,1,11-14,16-18H2,2-3H3;4-7,11-12,16,19H,1,8-10,13-15H2,2-3H3,(H,31,36);2-10,12,16-17H,1,11,13-15H2,(H,28,29);1H/p+1. The van der Waals surface area contributed by atoms with Gasteiger partial charge in [0.25, 0.3) is 11.8 Å². The number of nitrogens with zero attached hydrogens (tertiary/aromatic N) is 11. The van der Waals surface area contributed by atoms with E-state index in [-0.39, 0.29) is 84.5 Å². The Hall–Kier alpha value is -11.2. The molecule has 0 aliphatic carbocycles. The van der Waals surface area contributed by atoms with Crippen molar-refractivity contribution >= 4 is 136 Å². The molecule has 0 atom stereocenters. The Morgan fingerprint density at radius 1 is 0.658 bits per heavy atom. The van der Waals surface area contributed by atoms with Gasteiger partial charge in [0.05, 0.1) is 57.9 Å². The Labute approximate surface area is 664 Å². The molecule has 4 saturated heterocycles. The molecule has 14 rings (SSSR count). The molecule has 4 N–H and O–H groups in total. The molecule has 9 heterocycles. The van der Waals surface area contributed by atoms with Crippen molar-refractivity contribution in [1.82, 2.24) is 58.7 Å². The van der Waals surface area contributed by atoms with Gasteiger partial charge >= 0.3 is 0 Å².